The molecule has 82 valence electrons. The molecule has 0 unspecified atom stereocenters. The summed E-state index contributed by atoms with van der Waals surface area (Å²) < 4.78 is 5.95. The predicted molar refractivity (Wildman–Crippen MR) is 67.2 cm³/mol. The molecule has 1 saturated carbocycles. The Morgan fingerprint density at radius 2 is 1.75 bits per heavy atom. The molecule has 0 aromatic heterocycles. The third kappa shape index (κ3) is 1.76. The quantitative estimate of drug-likeness (QED) is 0.712. The maximum atomic E-state index is 5.95. The Morgan fingerprint density at radius 3 is 2.56 bits per heavy atom. The van der Waals surface area contributed by atoms with Gasteiger partial charge < -0.3 is 4.74 Å². The molecule has 0 radical (unpaired) electrons. The van der Waals surface area contributed by atoms with Crippen molar-refractivity contribution in [3.63, 3.8) is 0 Å². The van der Waals surface area contributed by atoms with Crippen LogP contribution < -0.4 is 4.74 Å². The Morgan fingerprint density at radius 1 is 1.00 bits per heavy atom. The zero-order valence-electron chi connectivity index (χ0n) is 8.90. The van der Waals surface area contributed by atoms with Crippen LogP contribution in [0, 0.1) is 0 Å². The lowest BCUT2D eigenvalue weighted by atomic mass is 9.95. The summed E-state index contributed by atoms with van der Waals surface area (Å²) in [6, 6.07) is 14.5. The van der Waals surface area contributed by atoms with Crippen LogP contribution in [0.5, 0.6) is 5.75 Å². The lowest BCUT2D eigenvalue weighted by molar-refractivity contribution is 0.126. The minimum atomic E-state index is 0.299. The molecule has 1 aliphatic carbocycles. The second-order valence-corrected chi connectivity index (χ2v) is 4.90. The molecule has 0 heterocycles. The highest BCUT2D eigenvalue weighted by Crippen LogP contribution is 2.33. The first kappa shape index (κ1) is 9.98. The third-order valence-electron chi connectivity index (χ3n) is 3.08. The van der Waals surface area contributed by atoms with Gasteiger partial charge in [-0.2, -0.15) is 0 Å². The first-order valence-corrected chi connectivity index (χ1v) is 6.05. The Labute approximate surface area is 100.0 Å². The van der Waals surface area contributed by atoms with Crippen molar-refractivity contribution in [2.24, 2.45) is 0 Å². The summed E-state index contributed by atoms with van der Waals surface area (Å²) in [4.78, 5) is 0. The summed E-state index contributed by atoms with van der Waals surface area (Å²) in [6.45, 7) is 0. The Balaban J connectivity index is 1.91. The molecule has 16 heavy (non-hydrogen) atoms. The maximum absolute atomic E-state index is 5.95. The SMILES string of the molecule is ClC1CC(Oc2cccc3ccccc23)C1. The molecule has 3 rings (SSSR count). The lowest BCUT2D eigenvalue weighted by Crippen LogP contribution is -2.34. The highest BCUT2D eigenvalue weighted by Gasteiger charge is 2.29. The average Bonchev–Trinajstić information content (AvgIpc) is 2.27. The van der Waals surface area contributed by atoms with Crippen molar-refractivity contribution in [1.82, 2.24) is 0 Å². The summed E-state index contributed by atoms with van der Waals surface area (Å²) in [7, 11) is 0. The second kappa shape index (κ2) is 3.99. The topological polar surface area (TPSA) is 9.23 Å². The van der Waals surface area contributed by atoms with Crippen LogP contribution in [0.25, 0.3) is 10.8 Å². The highest BCUT2D eigenvalue weighted by molar-refractivity contribution is 6.21. The van der Waals surface area contributed by atoms with E-state index >= 15 is 0 Å². The first-order valence-electron chi connectivity index (χ1n) is 5.61. The molecular weight excluding hydrogens is 220 g/mol. The molecule has 0 aliphatic heterocycles. The number of hydrogen-bond acceptors (Lipinski definition) is 1. The molecule has 0 atom stereocenters. The van der Waals surface area contributed by atoms with Crippen LogP contribution in [0.1, 0.15) is 12.8 Å². The van der Waals surface area contributed by atoms with Gasteiger partial charge in [0.25, 0.3) is 0 Å². The van der Waals surface area contributed by atoms with E-state index in [0.717, 1.165) is 18.6 Å². The molecule has 0 saturated heterocycles. The van der Waals surface area contributed by atoms with Crippen molar-refractivity contribution in [1.29, 1.82) is 0 Å². The maximum Gasteiger partial charge on any atom is 0.127 e. The van der Waals surface area contributed by atoms with E-state index in [2.05, 4.69) is 18.2 Å². The second-order valence-electron chi connectivity index (χ2n) is 4.29. The minimum absolute atomic E-state index is 0.299. The van der Waals surface area contributed by atoms with Gasteiger partial charge in [0.1, 0.15) is 11.9 Å². The van der Waals surface area contributed by atoms with Gasteiger partial charge in [-0.05, 0) is 11.5 Å². The fraction of sp³-hybridized carbons (Fsp3) is 0.286. The summed E-state index contributed by atoms with van der Waals surface area (Å²) in [6.07, 6.45) is 2.23. The number of alkyl halides is 1. The summed E-state index contributed by atoms with van der Waals surface area (Å²) in [5.74, 6) is 0.978. The fourth-order valence-electron chi connectivity index (χ4n) is 2.08. The van der Waals surface area contributed by atoms with Gasteiger partial charge in [-0.1, -0.05) is 36.4 Å². The summed E-state index contributed by atoms with van der Waals surface area (Å²) >= 11 is 5.95. The van der Waals surface area contributed by atoms with Gasteiger partial charge in [-0.3, -0.25) is 0 Å². The van der Waals surface area contributed by atoms with Crippen LogP contribution in [-0.4, -0.2) is 11.5 Å². The van der Waals surface area contributed by atoms with Crippen LogP contribution in [-0.2, 0) is 0 Å². The van der Waals surface area contributed by atoms with E-state index in [1.165, 1.54) is 10.8 Å². The summed E-state index contributed by atoms with van der Waals surface area (Å²) in [5.41, 5.74) is 0. The molecule has 0 spiro atoms. The largest absolute Gasteiger partial charge is 0.490 e. The van der Waals surface area contributed by atoms with Crippen LogP contribution in [0.15, 0.2) is 42.5 Å². The Kier molecular flexibility index (Phi) is 2.49. The van der Waals surface area contributed by atoms with Crippen molar-refractivity contribution >= 4 is 22.4 Å². The van der Waals surface area contributed by atoms with Crippen molar-refractivity contribution in [2.45, 2.75) is 24.3 Å². The van der Waals surface area contributed by atoms with Gasteiger partial charge in [0.15, 0.2) is 0 Å². The molecule has 2 heteroatoms. The summed E-state index contributed by atoms with van der Waals surface area (Å²) in [5, 5.41) is 2.71. The van der Waals surface area contributed by atoms with Crippen molar-refractivity contribution in [3.8, 4) is 5.75 Å². The van der Waals surface area contributed by atoms with E-state index in [4.69, 9.17) is 16.3 Å². The van der Waals surface area contributed by atoms with Crippen LogP contribution in [0.2, 0.25) is 0 Å². The van der Waals surface area contributed by atoms with Gasteiger partial charge in [0.2, 0.25) is 0 Å². The zero-order valence-corrected chi connectivity index (χ0v) is 9.65. The average molecular weight is 233 g/mol. The molecule has 1 fully saturated rings. The van der Waals surface area contributed by atoms with Gasteiger partial charge in [-0.15, -0.1) is 11.6 Å². The number of rotatable bonds is 2. The Hall–Kier alpha value is -1.21. The smallest absolute Gasteiger partial charge is 0.127 e. The molecule has 0 N–H and O–H groups in total. The molecule has 0 amide bonds. The number of benzene rings is 2. The molecular formula is C14H13ClO. The van der Waals surface area contributed by atoms with Crippen LogP contribution >= 0.6 is 11.6 Å². The van der Waals surface area contributed by atoms with Crippen molar-refractivity contribution in [3.05, 3.63) is 42.5 Å². The van der Waals surface area contributed by atoms with E-state index in [0.29, 0.717) is 11.5 Å². The molecule has 2 aromatic carbocycles. The number of ether oxygens (including phenoxy) is 1. The van der Waals surface area contributed by atoms with Crippen molar-refractivity contribution in [2.75, 3.05) is 0 Å². The van der Waals surface area contributed by atoms with Crippen molar-refractivity contribution < 1.29 is 4.74 Å². The molecule has 2 aromatic rings. The standard InChI is InChI=1S/C14H13ClO/c15-11-8-12(9-11)16-14-7-3-5-10-4-1-2-6-13(10)14/h1-7,11-12H,8-9H2. The molecule has 0 bridgehead atoms. The van der Waals surface area contributed by atoms with E-state index in [1.807, 2.05) is 24.3 Å². The van der Waals surface area contributed by atoms with E-state index in [1.54, 1.807) is 0 Å². The zero-order chi connectivity index (χ0) is 11.0. The van der Waals surface area contributed by atoms with E-state index in [9.17, 15) is 0 Å². The van der Waals surface area contributed by atoms with E-state index < -0.39 is 0 Å². The molecule has 1 aliphatic rings. The monoisotopic (exact) mass is 232 g/mol. The normalized spacial score (nSPS) is 24.1. The predicted octanol–water partition coefficient (Wildman–Crippen LogP) is 3.99. The lowest BCUT2D eigenvalue weighted by Gasteiger charge is -2.31. The number of halogens is 1. The highest BCUT2D eigenvalue weighted by atomic mass is 35.5. The number of fused-ring (bicyclic) bond motifs is 1. The molecule has 1 nitrogen and oxygen atoms in total. The van der Waals surface area contributed by atoms with Gasteiger partial charge in [0.05, 0.1) is 0 Å². The third-order valence-corrected chi connectivity index (χ3v) is 3.44. The van der Waals surface area contributed by atoms with Gasteiger partial charge in [-0.25, -0.2) is 0 Å². The minimum Gasteiger partial charge on any atom is -0.490 e. The van der Waals surface area contributed by atoms with Crippen LogP contribution in [0.3, 0.4) is 0 Å². The number of hydrogen-bond donors (Lipinski definition) is 0. The van der Waals surface area contributed by atoms with Crippen LogP contribution in [0.4, 0.5) is 0 Å². The van der Waals surface area contributed by atoms with Gasteiger partial charge >= 0.3 is 0 Å². The van der Waals surface area contributed by atoms with E-state index in [-0.39, 0.29) is 0 Å². The fourth-order valence-corrected chi connectivity index (χ4v) is 2.47. The Bertz CT molecular complexity index is 498. The van der Waals surface area contributed by atoms with Gasteiger partial charge in [0, 0.05) is 23.6 Å². The first-order chi connectivity index (χ1) is 7.83.